The number of amides is 1. The van der Waals surface area contributed by atoms with E-state index in [0.29, 0.717) is 32.5 Å². The van der Waals surface area contributed by atoms with Crippen LogP contribution < -0.4 is 0 Å². The number of ether oxygens (including phenoxy) is 1. The van der Waals surface area contributed by atoms with Crippen LogP contribution in [0.2, 0.25) is 0 Å². The number of nitrogens with zero attached hydrogens (tertiary/aromatic N) is 1. The predicted molar refractivity (Wildman–Crippen MR) is 65.1 cm³/mol. The summed E-state index contributed by atoms with van der Waals surface area (Å²) in [5.41, 5.74) is -0.670. The molecule has 102 valence electrons. The average molecular weight is 255 g/mol. The van der Waals surface area contributed by atoms with Crippen molar-refractivity contribution < 1.29 is 19.4 Å². The molecule has 0 saturated carbocycles. The van der Waals surface area contributed by atoms with Gasteiger partial charge in [-0.15, -0.1) is 0 Å². The topological polar surface area (TPSA) is 66.8 Å². The van der Waals surface area contributed by atoms with Gasteiger partial charge in [0, 0.05) is 13.1 Å². The van der Waals surface area contributed by atoms with Crippen molar-refractivity contribution in [2.45, 2.75) is 39.2 Å². The van der Waals surface area contributed by atoms with Gasteiger partial charge >= 0.3 is 5.97 Å². The van der Waals surface area contributed by atoms with E-state index in [4.69, 9.17) is 9.84 Å². The van der Waals surface area contributed by atoms with Crippen LogP contribution in [0.25, 0.3) is 0 Å². The molecular formula is C13H21NO4. The van der Waals surface area contributed by atoms with E-state index in [1.807, 2.05) is 6.92 Å². The number of piperidine rings is 1. The van der Waals surface area contributed by atoms with E-state index in [1.54, 1.807) is 11.8 Å². The number of carboxylic acid groups (broad SMARTS) is 1. The zero-order valence-corrected chi connectivity index (χ0v) is 11.0. The third-order valence-electron chi connectivity index (χ3n) is 4.24. The highest BCUT2D eigenvalue weighted by Gasteiger charge is 2.40. The Morgan fingerprint density at radius 1 is 1.33 bits per heavy atom. The van der Waals surface area contributed by atoms with Crippen LogP contribution in [0.4, 0.5) is 0 Å². The Labute approximate surface area is 107 Å². The number of carbonyl (C=O) groups excluding carboxylic acids is 1. The summed E-state index contributed by atoms with van der Waals surface area (Å²) in [6.07, 6.45) is 2.02. The van der Waals surface area contributed by atoms with Gasteiger partial charge in [0.05, 0.1) is 24.0 Å². The fourth-order valence-corrected chi connectivity index (χ4v) is 2.68. The molecule has 0 bridgehead atoms. The highest BCUT2D eigenvalue weighted by molar-refractivity contribution is 5.80. The number of aliphatic carboxylic acids is 1. The molecule has 0 spiro atoms. The minimum Gasteiger partial charge on any atom is -0.481 e. The van der Waals surface area contributed by atoms with Crippen LogP contribution in [0, 0.1) is 11.3 Å². The summed E-state index contributed by atoms with van der Waals surface area (Å²) in [4.78, 5) is 25.2. The van der Waals surface area contributed by atoms with Crippen molar-refractivity contribution in [2.24, 2.45) is 11.3 Å². The van der Waals surface area contributed by atoms with E-state index >= 15 is 0 Å². The molecule has 2 aliphatic rings. The van der Waals surface area contributed by atoms with E-state index in [9.17, 15) is 9.59 Å². The van der Waals surface area contributed by atoms with Gasteiger partial charge < -0.3 is 14.7 Å². The van der Waals surface area contributed by atoms with E-state index in [2.05, 4.69) is 0 Å². The Hall–Kier alpha value is -1.10. The molecule has 1 amide bonds. The van der Waals surface area contributed by atoms with Gasteiger partial charge in [-0.3, -0.25) is 9.59 Å². The summed E-state index contributed by atoms with van der Waals surface area (Å²) in [7, 11) is 0. The SMILES string of the molecule is CC1CC(C(=O)N2CCC(C)(C(=O)O)CC2)CO1. The minimum atomic E-state index is -0.757. The molecule has 5 heteroatoms. The Balaban J connectivity index is 1.90. The van der Waals surface area contributed by atoms with Crippen molar-refractivity contribution in [1.82, 2.24) is 4.90 Å². The summed E-state index contributed by atoms with van der Waals surface area (Å²) in [5, 5.41) is 9.15. The van der Waals surface area contributed by atoms with Crippen LogP contribution in [-0.2, 0) is 14.3 Å². The largest absolute Gasteiger partial charge is 0.481 e. The lowest BCUT2D eigenvalue weighted by Crippen LogP contribution is -2.47. The van der Waals surface area contributed by atoms with Crippen LogP contribution in [-0.4, -0.2) is 47.7 Å². The van der Waals surface area contributed by atoms with Crippen molar-refractivity contribution in [3.63, 3.8) is 0 Å². The summed E-state index contributed by atoms with van der Waals surface area (Å²) < 4.78 is 5.41. The number of hydrogen-bond donors (Lipinski definition) is 1. The molecule has 5 nitrogen and oxygen atoms in total. The first kappa shape index (κ1) is 13.3. The molecule has 0 aromatic heterocycles. The van der Waals surface area contributed by atoms with Crippen molar-refractivity contribution in [2.75, 3.05) is 19.7 Å². The summed E-state index contributed by atoms with van der Waals surface area (Å²) >= 11 is 0. The number of rotatable bonds is 2. The Morgan fingerprint density at radius 2 is 1.94 bits per heavy atom. The normalized spacial score (nSPS) is 31.3. The van der Waals surface area contributed by atoms with Crippen molar-refractivity contribution in [3.05, 3.63) is 0 Å². The first-order valence-electron chi connectivity index (χ1n) is 6.56. The zero-order valence-electron chi connectivity index (χ0n) is 11.0. The van der Waals surface area contributed by atoms with Gasteiger partial charge in [0.25, 0.3) is 0 Å². The lowest BCUT2D eigenvalue weighted by molar-refractivity contribution is -0.153. The Kier molecular flexibility index (Phi) is 3.61. The number of hydrogen-bond acceptors (Lipinski definition) is 3. The molecule has 18 heavy (non-hydrogen) atoms. The van der Waals surface area contributed by atoms with Crippen molar-refractivity contribution >= 4 is 11.9 Å². The quantitative estimate of drug-likeness (QED) is 0.803. The second kappa shape index (κ2) is 4.88. The maximum Gasteiger partial charge on any atom is 0.309 e. The highest BCUT2D eigenvalue weighted by Crippen LogP contribution is 2.32. The molecule has 2 atom stereocenters. The molecule has 0 aliphatic carbocycles. The summed E-state index contributed by atoms with van der Waals surface area (Å²) in [6, 6.07) is 0. The zero-order chi connectivity index (χ0) is 13.3. The van der Waals surface area contributed by atoms with Crippen LogP contribution in [0.15, 0.2) is 0 Å². The maximum absolute atomic E-state index is 12.2. The average Bonchev–Trinajstić information content (AvgIpc) is 2.76. The summed E-state index contributed by atoms with van der Waals surface area (Å²) in [5.74, 6) is -0.659. The molecule has 2 aliphatic heterocycles. The number of likely N-dealkylation sites (tertiary alicyclic amines) is 1. The fraction of sp³-hybridized carbons (Fsp3) is 0.846. The molecule has 1 N–H and O–H groups in total. The molecule has 2 heterocycles. The van der Waals surface area contributed by atoms with Gasteiger partial charge in [0.1, 0.15) is 0 Å². The van der Waals surface area contributed by atoms with Crippen molar-refractivity contribution in [1.29, 1.82) is 0 Å². The van der Waals surface area contributed by atoms with E-state index in [-0.39, 0.29) is 17.9 Å². The third kappa shape index (κ3) is 2.51. The first-order valence-corrected chi connectivity index (χ1v) is 6.56. The van der Waals surface area contributed by atoms with Crippen LogP contribution in [0.1, 0.15) is 33.1 Å². The van der Waals surface area contributed by atoms with Gasteiger partial charge in [-0.25, -0.2) is 0 Å². The molecule has 0 radical (unpaired) electrons. The van der Waals surface area contributed by atoms with E-state index in [0.717, 1.165) is 6.42 Å². The second-order valence-electron chi connectivity index (χ2n) is 5.77. The maximum atomic E-state index is 12.2. The minimum absolute atomic E-state index is 0.0332. The molecule has 0 aromatic rings. The molecule has 0 aromatic carbocycles. The number of carboxylic acids is 1. The van der Waals surface area contributed by atoms with Gasteiger partial charge in [-0.05, 0) is 33.1 Å². The molecule has 2 saturated heterocycles. The van der Waals surface area contributed by atoms with Gasteiger partial charge in [0.15, 0.2) is 0 Å². The molecular weight excluding hydrogens is 234 g/mol. The lowest BCUT2D eigenvalue weighted by atomic mass is 9.80. The molecule has 2 rings (SSSR count). The van der Waals surface area contributed by atoms with Crippen LogP contribution in [0.3, 0.4) is 0 Å². The van der Waals surface area contributed by atoms with Gasteiger partial charge in [-0.2, -0.15) is 0 Å². The standard InChI is InChI=1S/C13H21NO4/c1-9-7-10(8-18-9)11(15)14-5-3-13(2,4-6-14)12(16)17/h9-10H,3-8H2,1-2H3,(H,16,17). The van der Waals surface area contributed by atoms with E-state index < -0.39 is 11.4 Å². The van der Waals surface area contributed by atoms with Crippen LogP contribution >= 0.6 is 0 Å². The van der Waals surface area contributed by atoms with Crippen LogP contribution in [0.5, 0.6) is 0 Å². The fourth-order valence-electron chi connectivity index (χ4n) is 2.68. The third-order valence-corrected chi connectivity index (χ3v) is 4.24. The molecule has 2 unspecified atom stereocenters. The monoisotopic (exact) mass is 255 g/mol. The lowest BCUT2D eigenvalue weighted by Gasteiger charge is -2.37. The highest BCUT2D eigenvalue weighted by atomic mass is 16.5. The first-order chi connectivity index (χ1) is 8.42. The number of carbonyl (C=O) groups is 2. The molecule has 2 fully saturated rings. The smallest absolute Gasteiger partial charge is 0.309 e. The predicted octanol–water partition coefficient (Wildman–Crippen LogP) is 1.12. The Bertz CT molecular complexity index is 347. The Morgan fingerprint density at radius 3 is 2.39 bits per heavy atom. The van der Waals surface area contributed by atoms with Crippen molar-refractivity contribution in [3.8, 4) is 0 Å². The van der Waals surface area contributed by atoms with Gasteiger partial charge in [0.2, 0.25) is 5.91 Å². The van der Waals surface area contributed by atoms with E-state index in [1.165, 1.54) is 0 Å². The second-order valence-corrected chi connectivity index (χ2v) is 5.77. The summed E-state index contributed by atoms with van der Waals surface area (Å²) in [6.45, 7) is 5.34. The van der Waals surface area contributed by atoms with Gasteiger partial charge in [-0.1, -0.05) is 0 Å².